The Bertz CT molecular complexity index is 798. The molecule has 0 saturated heterocycles. The number of para-hydroxylation sites is 2. The zero-order valence-electron chi connectivity index (χ0n) is 11.7. The molecule has 0 aliphatic carbocycles. The minimum Gasteiger partial charge on any atom is -0.495 e. The monoisotopic (exact) mass is 316 g/mol. The first-order valence-corrected chi connectivity index (χ1v) is 6.90. The molecule has 0 aliphatic rings. The predicted molar refractivity (Wildman–Crippen MR) is 86.7 cm³/mol. The van der Waals surface area contributed by atoms with Crippen LogP contribution in [0, 0.1) is 0 Å². The highest BCUT2D eigenvalue weighted by Gasteiger charge is 2.10. The van der Waals surface area contributed by atoms with E-state index in [4.69, 9.17) is 16.3 Å². The Kier molecular flexibility index (Phi) is 3.84. The van der Waals surface area contributed by atoms with Gasteiger partial charge in [0, 0.05) is 5.02 Å². The van der Waals surface area contributed by atoms with Crippen LogP contribution in [0.5, 0.6) is 5.75 Å². The standard InChI is InChI=1S/C15H13ClN4O2/c1-22-13-7-6-9(16)8-12(13)19-15(21)20-14-17-10-4-2-3-5-11(10)18-14/h2-8H,1H3,(H3,17,18,19,20,21). The molecule has 0 bridgehead atoms. The molecule has 7 heteroatoms. The zero-order valence-corrected chi connectivity index (χ0v) is 12.4. The molecule has 22 heavy (non-hydrogen) atoms. The average Bonchev–Trinajstić information content (AvgIpc) is 2.89. The fourth-order valence-corrected chi connectivity index (χ4v) is 2.22. The second-order valence-corrected chi connectivity index (χ2v) is 4.96. The first-order chi connectivity index (χ1) is 10.7. The highest BCUT2D eigenvalue weighted by atomic mass is 35.5. The van der Waals surface area contributed by atoms with Gasteiger partial charge >= 0.3 is 6.03 Å². The number of methoxy groups -OCH3 is 1. The first kappa shape index (κ1) is 14.2. The van der Waals surface area contributed by atoms with Crippen LogP contribution < -0.4 is 15.4 Å². The Morgan fingerprint density at radius 1 is 1.23 bits per heavy atom. The van der Waals surface area contributed by atoms with Gasteiger partial charge in [0.25, 0.3) is 0 Å². The summed E-state index contributed by atoms with van der Waals surface area (Å²) in [5, 5.41) is 5.81. The Morgan fingerprint density at radius 3 is 2.82 bits per heavy atom. The molecule has 3 rings (SSSR count). The molecular formula is C15H13ClN4O2. The number of halogens is 1. The van der Waals surface area contributed by atoms with Crippen LogP contribution in [-0.4, -0.2) is 23.1 Å². The summed E-state index contributed by atoms with van der Waals surface area (Å²) in [6.45, 7) is 0. The Morgan fingerprint density at radius 2 is 2.05 bits per heavy atom. The summed E-state index contributed by atoms with van der Waals surface area (Å²) in [5.74, 6) is 0.879. The minimum atomic E-state index is -0.445. The van der Waals surface area contributed by atoms with E-state index >= 15 is 0 Å². The SMILES string of the molecule is COc1ccc(Cl)cc1NC(=O)Nc1nc2ccccc2[nH]1. The quantitative estimate of drug-likeness (QED) is 0.686. The molecule has 0 radical (unpaired) electrons. The number of fused-ring (bicyclic) bond motifs is 1. The van der Waals surface area contributed by atoms with Gasteiger partial charge in [0.2, 0.25) is 5.95 Å². The molecular weight excluding hydrogens is 304 g/mol. The van der Waals surface area contributed by atoms with Gasteiger partial charge in [-0.2, -0.15) is 0 Å². The van der Waals surface area contributed by atoms with Gasteiger partial charge in [-0.1, -0.05) is 23.7 Å². The van der Waals surface area contributed by atoms with E-state index in [2.05, 4.69) is 20.6 Å². The number of urea groups is 1. The normalized spacial score (nSPS) is 10.5. The van der Waals surface area contributed by atoms with Crippen molar-refractivity contribution in [1.82, 2.24) is 9.97 Å². The molecule has 112 valence electrons. The van der Waals surface area contributed by atoms with Crippen LogP contribution in [0.1, 0.15) is 0 Å². The molecule has 1 heterocycles. The van der Waals surface area contributed by atoms with Crippen molar-refractivity contribution in [3.8, 4) is 5.75 Å². The second kappa shape index (κ2) is 5.95. The van der Waals surface area contributed by atoms with Crippen LogP contribution in [0.4, 0.5) is 16.4 Å². The van der Waals surface area contributed by atoms with Crippen molar-refractivity contribution in [3.05, 3.63) is 47.5 Å². The average molecular weight is 317 g/mol. The molecule has 0 fully saturated rings. The summed E-state index contributed by atoms with van der Waals surface area (Å²) in [6, 6.07) is 12.0. The van der Waals surface area contributed by atoms with E-state index < -0.39 is 6.03 Å². The Hall–Kier alpha value is -2.73. The molecule has 3 N–H and O–H groups in total. The molecule has 0 atom stereocenters. The number of ether oxygens (including phenoxy) is 1. The number of aromatic amines is 1. The van der Waals surface area contributed by atoms with Gasteiger partial charge in [-0.3, -0.25) is 5.32 Å². The van der Waals surface area contributed by atoms with E-state index in [0.717, 1.165) is 11.0 Å². The van der Waals surface area contributed by atoms with Crippen LogP contribution in [0.2, 0.25) is 5.02 Å². The number of anilines is 2. The fourth-order valence-electron chi connectivity index (χ4n) is 2.05. The summed E-state index contributed by atoms with van der Waals surface area (Å²) in [4.78, 5) is 19.3. The third kappa shape index (κ3) is 2.96. The molecule has 2 amide bonds. The number of carbonyl (C=O) groups excluding carboxylic acids is 1. The molecule has 1 aromatic heterocycles. The van der Waals surface area contributed by atoms with Crippen molar-refractivity contribution < 1.29 is 9.53 Å². The van der Waals surface area contributed by atoms with Crippen molar-refractivity contribution >= 4 is 40.3 Å². The number of imidazole rings is 1. The molecule has 0 aliphatic heterocycles. The predicted octanol–water partition coefficient (Wildman–Crippen LogP) is 3.87. The van der Waals surface area contributed by atoms with Crippen LogP contribution >= 0.6 is 11.6 Å². The number of rotatable bonds is 3. The number of hydrogen-bond acceptors (Lipinski definition) is 3. The number of benzene rings is 2. The molecule has 3 aromatic rings. The number of carbonyl (C=O) groups is 1. The van der Waals surface area contributed by atoms with Crippen LogP contribution in [0.25, 0.3) is 11.0 Å². The maximum absolute atomic E-state index is 12.1. The summed E-state index contributed by atoms with van der Waals surface area (Å²) in [6.07, 6.45) is 0. The van der Waals surface area contributed by atoms with Gasteiger partial charge in [0.15, 0.2) is 0 Å². The van der Waals surface area contributed by atoms with Crippen LogP contribution in [-0.2, 0) is 0 Å². The van der Waals surface area contributed by atoms with E-state index in [1.807, 2.05) is 24.3 Å². The number of amides is 2. The number of hydrogen-bond donors (Lipinski definition) is 3. The van der Waals surface area contributed by atoms with Gasteiger partial charge in [0.05, 0.1) is 23.8 Å². The lowest BCUT2D eigenvalue weighted by Gasteiger charge is -2.10. The number of H-pyrrole nitrogens is 1. The van der Waals surface area contributed by atoms with E-state index in [0.29, 0.717) is 22.4 Å². The third-order valence-corrected chi connectivity index (χ3v) is 3.27. The van der Waals surface area contributed by atoms with Crippen molar-refractivity contribution in [2.45, 2.75) is 0 Å². The van der Waals surface area contributed by atoms with Crippen molar-refractivity contribution in [1.29, 1.82) is 0 Å². The van der Waals surface area contributed by atoms with Gasteiger partial charge in [0.1, 0.15) is 5.75 Å². The third-order valence-electron chi connectivity index (χ3n) is 3.03. The van der Waals surface area contributed by atoms with Crippen molar-refractivity contribution in [2.24, 2.45) is 0 Å². The summed E-state index contributed by atoms with van der Waals surface area (Å²) < 4.78 is 5.17. The summed E-state index contributed by atoms with van der Waals surface area (Å²) in [5.41, 5.74) is 2.10. The number of nitrogens with one attached hydrogen (secondary N) is 3. The van der Waals surface area contributed by atoms with E-state index in [1.165, 1.54) is 7.11 Å². The van der Waals surface area contributed by atoms with Crippen molar-refractivity contribution in [3.63, 3.8) is 0 Å². The van der Waals surface area contributed by atoms with Crippen LogP contribution in [0.3, 0.4) is 0 Å². The Balaban J connectivity index is 1.76. The highest BCUT2D eigenvalue weighted by Crippen LogP contribution is 2.27. The Labute approximate surface area is 131 Å². The number of nitrogens with zero attached hydrogens (tertiary/aromatic N) is 1. The lowest BCUT2D eigenvalue weighted by Crippen LogP contribution is -2.20. The zero-order chi connectivity index (χ0) is 15.5. The van der Waals surface area contributed by atoms with E-state index in [-0.39, 0.29) is 0 Å². The van der Waals surface area contributed by atoms with Gasteiger partial charge in [-0.05, 0) is 30.3 Å². The highest BCUT2D eigenvalue weighted by molar-refractivity contribution is 6.31. The van der Waals surface area contributed by atoms with E-state index in [9.17, 15) is 4.79 Å². The molecule has 6 nitrogen and oxygen atoms in total. The second-order valence-electron chi connectivity index (χ2n) is 4.53. The molecule has 0 spiro atoms. The van der Waals surface area contributed by atoms with E-state index in [1.54, 1.807) is 18.2 Å². The van der Waals surface area contributed by atoms with Gasteiger partial charge < -0.3 is 15.0 Å². The summed E-state index contributed by atoms with van der Waals surface area (Å²) >= 11 is 5.93. The minimum absolute atomic E-state index is 0.361. The summed E-state index contributed by atoms with van der Waals surface area (Å²) in [7, 11) is 1.52. The number of aromatic nitrogens is 2. The van der Waals surface area contributed by atoms with Crippen molar-refractivity contribution in [2.75, 3.05) is 17.7 Å². The smallest absolute Gasteiger partial charge is 0.326 e. The maximum atomic E-state index is 12.1. The van der Waals surface area contributed by atoms with Gasteiger partial charge in [-0.15, -0.1) is 0 Å². The van der Waals surface area contributed by atoms with Gasteiger partial charge in [-0.25, -0.2) is 9.78 Å². The lowest BCUT2D eigenvalue weighted by atomic mass is 10.3. The first-order valence-electron chi connectivity index (χ1n) is 6.52. The molecule has 0 saturated carbocycles. The maximum Gasteiger partial charge on any atom is 0.326 e. The molecule has 0 unspecified atom stereocenters. The van der Waals surface area contributed by atoms with Crippen LogP contribution in [0.15, 0.2) is 42.5 Å². The largest absolute Gasteiger partial charge is 0.495 e. The molecule has 2 aromatic carbocycles. The fraction of sp³-hybridized carbons (Fsp3) is 0.0667. The topological polar surface area (TPSA) is 79.0 Å². The lowest BCUT2D eigenvalue weighted by molar-refractivity contribution is 0.262.